The molecule has 12 aromatic rings. The van der Waals surface area contributed by atoms with Gasteiger partial charge in [-0.25, -0.2) is 15.0 Å². The molecule has 0 amide bonds. The Bertz CT molecular complexity index is 3770. The largest absolute Gasteiger partial charge is 0.456 e. The van der Waals surface area contributed by atoms with Gasteiger partial charge in [-0.15, -0.1) is 11.3 Å². The number of para-hydroxylation sites is 2. The fourth-order valence-corrected chi connectivity index (χ4v) is 11.0. The molecule has 6 heteroatoms. The Morgan fingerprint density at radius 3 is 1.88 bits per heavy atom. The standard InChI is InChI=1S/C54H33N3O2S/c1-54(2)41-22-6-3-13-32(41)34-17-9-16-31(49(34)54)30-27-28-43-40(29-30)47-37(19-11-24-44(47)58-43)51-55-52(38-20-12-26-46-48(38)36-15-5-8-25-45(36)60-46)57-53(56-51)39-21-10-18-35-33-14-4-7-23-42(33)59-50(35)39/h3-29H,1-2H3. The molecule has 0 unspecified atom stereocenters. The van der Waals surface area contributed by atoms with Gasteiger partial charge >= 0.3 is 0 Å². The van der Waals surface area contributed by atoms with Gasteiger partial charge in [-0.05, 0) is 75.8 Å². The minimum absolute atomic E-state index is 0.155. The van der Waals surface area contributed by atoms with Crippen LogP contribution in [-0.4, -0.2) is 15.0 Å². The highest BCUT2D eigenvalue weighted by Gasteiger charge is 2.37. The average Bonchev–Trinajstić information content (AvgIpc) is 4.04. The van der Waals surface area contributed by atoms with E-state index in [-0.39, 0.29) is 5.41 Å². The van der Waals surface area contributed by atoms with Crippen LogP contribution >= 0.6 is 11.3 Å². The highest BCUT2D eigenvalue weighted by atomic mass is 32.1. The van der Waals surface area contributed by atoms with E-state index in [9.17, 15) is 0 Å². The summed E-state index contributed by atoms with van der Waals surface area (Å²) in [6.45, 7) is 4.68. The number of furan rings is 2. The predicted octanol–water partition coefficient (Wildman–Crippen LogP) is 15.0. The van der Waals surface area contributed by atoms with Gasteiger partial charge in [0.1, 0.15) is 22.3 Å². The first-order valence-corrected chi connectivity index (χ1v) is 21.1. The monoisotopic (exact) mass is 787 g/mol. The van der Waals surface area contributed by atoms with Crippen LogP contribution in [0, 0.1) is 0 Å². The lowest BCUT2D eigenvalue weighted by molar-refractivity contribution is 0.662. The van der Waals surface area contributed by atoms with Crippen molar-refractivity contribution in [3.8, 4) is 56.4 Å². The molecule has 4 aromatic heterocycles. The molecule has 0 fully saturated rings. The zero-order valence-corrected chi connectivity index (χ0v) is 33.5. The summed E-state index contributed by atoms with van der Waals surface area (Å²) >= 11 is 1.78. The smallest absolute Gasteiger partial charge is 0.167 e. The fraction of sp³-hybridized carbons (Fsp3) is 0.0556. The third-order valence-electron chi connectivity index (χ3n) is 12.6. The Hall–Kier alpha value is -7.41. The van der Waals surface area contributed by atoms with E-state index < -0.39 is 0 Å². The molecule has 1 aliphatic carbocycles. The molecular formula is C54H33N3O2S. The Labute approximate surface area is 348 Å². The van der Waals surface area contributed by atoms with Crippen LogP contribution in [0.5, 0.6) is 0 Å². The van der Waals surface area contributed by atoms with E-state index in [4.69, 9.17) is 23.8 Å². The Morgan fingerprint density at radius 2 is 1.00 bits per heavy atom. The normalized spacial score (nSPS) is 13.3. The van der Waals surface area contributed by atoms with Crippen LogP contribution in [0.1, 0.15) is 25.0 Å². The van der Waals surface area contributed by atoms with Gasteiger partial charge in [-0.3, -0.25) is 0 Å². The van der Waals surface area contributed by atoms with Crippen LogP contribution in [0.25, 0.3) is 120 Å². The zero-order valence-electron chi connectivity index (χ0n) is 32.7. The molecule has 0 N–H and O–H groups in total. The van der Waals surface area contributed by atoms with Crippen molar-refractivity contribution in [1.29, 1.82) is 0 Å². The summed E-state index contributed by atoms with van der Waals surface area (Å²) in [7, 11) is 0. The van der Waals surface area contributed by atoms with Crippen LogP contribution in [0.2, 0.25) is 0 Å². The van der Waals surface area contributed by atoms with Gasteiger partial charge in [-0.1, -0.05) is 135 Å². The number of fused-ring (bicyclic) bond motifs is 12. The van der Waals surface area contributed by atoms with Crippen molar-refractivity contribution in [3.63, 3.8) is 0 Å². The van der Waals surface area contributed by atoms with E-state index in [1.54, 1.807) is 11.3 Å². The lowest BCUT2D eigenvalue weighted by atomic mass is 9.79. The summed E-state index contributed by atoms with van der Waals surface area (Å²) < 4.78 is 15.6. The molecule has 1 aliphatic rings. The van der Waals surface area contributed by atoms with Crippen LogP contribution < -0.4 is 0 Å². The van der Waals surface area contributed by atoms with E-state index in [2.05, 4.69) is 141 Å². The number of aromatic nitrogens is 3. The summed E-state index contributed by atoms with van der Waals surface area (Å²) in [6.07, 6.45) is 0. The summed E-state index contributed by atoms with van der Waals surface area (Å²) in [4.78, 5) is 16.0. The summed E-state index contributed by atoms with van der Waals surface area (Å²) in [5.41, 5.74) is 13.3. The second kappa shape index (κ2) is 12.3. The summed E-state index contributed by atoms with van der Waals surface area (Å²) in [6, 6.07) is 57.6. The van der Waals surface area contributed by atoms with Gasteiger partial charge in [0.25, 0.3) is 0 Å². The number of thiophene rings is 1. The summed E-state index contributed by atoms with van der Waals surface area (Å²) in [5, 5.41) is 6.38. The van der Waals surface area contributed by atoms with Crippen LogP contribution in [0.3, 0.4) is 0 Å². The van der Waals surface area contributed by atoms with E-state index in [0.717, 1.165) is 71.5 Å². The molecular weight excluding hydrogens is 755 g/mol. The Balaban J connectivity index is 1.07. The highest BCUT2D eigenvalue weighted by molar-refractivity contribution is 7.25. The summed E-state index contributed by atoms with van der Waals surface area (Å²) in [5.74, 6) is 1.71. The van der Waals surface area contributed by atoms with Crippen molar-refractivity contribution in [1.82, 2.24) is 15.0 Å². The van der Waals surface area contributed by atoms with Gasteiger partial charge in [0.15, 0.2) is 17.5 Å². The number of nitrogens with zero attached hydrogens (tertiary/aromatic N) is 3. The zero-order chi connectivity index (χ0) is 39.7. The molecule has 5 nitrogen and oxygen atoms in total. The van der Waals surface area contributed by atoms with Crippen molar-refractivity contribution < 1.29 is 8.83 Å². The molecule has 282 valence electrons. The second-order valence-corrected chi connectivity index (χ2v) is 17.3. The third-order valence-corrected chi connectivity index (χ3v) is 13.7. The first kappa shape index (κ1) is 33.6. The maximum atomic E-state index is 6.62. The Morgan fingerprint density at radius 1 is 0.417 bits per heavy atom. The van der Waals surface area contributed by atoms with Crippen molar-refractivity contribution in [2.45, 2.75) is 19.3 Å². The molecule has 0 aliphatic heterocycles. The number of benzene rings is 8. The van der Waals surface area contributed by atoms with E-state index in [1.165, 1.54) is 42.6 Å². The van der Waals surface area contributed by atoms with E-state index >= 15 is 0 Å². The van der Waals surface area contributed by atoms with Crippen LogP contribution in [-0.2, 0) is 5.41 Å². The second-order valence-electron chi connectivity index (χ2n) is 16.3. The van der Waals surface area contributed by atoms with E-state index in [0.29, 0.717) is 17.5 Å². The predicted molar refractivity (Wildman–Crippen MR) is 247 cm³/mol. The lowest BCUT2D eigenvalue weighted by Gasteiger charge is -2.24. The SMILES string of the molecule is CC1(C)c2ccccc2-c2cccc(-c3ccc4oc5cccc(-c6nc(-c7cccc8c7oc7ccccc78)nc(-c7cccc8sc9ccccc9c78)n6)c5c4c3)c21. The van der Waals surface area contributed by atoms with Crippen molar-refractivity contribution >= 4 is 75.4 Å². The molecule has 4 heterocycles. The van der Waals surface area contributed by atoms with Crippen molar-refractivity contribution in [3.05, 3.63) is 175 Å². The molecule has 0 bridgehead atoms. The Kier molecular flexibility index (Phi) is 6.88. The number of hydrogen-bond acceptors (Lipinski definition) is 6. The topological polar surface area (TPSA) is 65.0 Å². The molecule has 0 atom stereocenters. The van der Waals surface area contributed by atoms with Gasteiger partial charge in [0.2, 0.25) is 0 Å². The van der Waals surface area contributed by atoms with E-state index in [1.807, 2.05) is 36.4 Å². The fourth-order valence-electron chi connectivity index (χ4n) is 9.89. The number of rotatable bonds is 4. The molecule has 0 radical (unpaired) electrons. The minimum Gasteiger partial charge on any atom is -0.456 e. The molecule has 0 saturated heterocycles. The molecule has 8 aromatic carbocycles. The van der Waals surface area contributed by atoms with Gasteiger partial charge in [-0.2, -0.15) is 0 Å². The maximum absolute atomic E-state index is 6.62. The van der Waals surface area contributed by atoms with Crippen molar-refractivity contribution in [2.75, 3.05) is 0 Å². The minimum atomic E-state index is -0.155. The number of hydrogen-bond donors (Lipinski definition) is 0. The molecule has 13 rings (SSSR count). The lowest BCUT2D eigenvalue weighted by Crippen LogP contribution is -2.16. The van der Waals surface area contributed by atoms with Crippen LogP contribution in [0.4, 0.5) is 0 Å². The molecule has 0 spiro atoms. The molecule has 60 heavy (non-hydrogen) atoms. The first-order valence-electron chi connectivity index (χ1n) is 20.3. The molecule has 0 saturated carbocycles. The average molecular weight is 788 g/mol. The van der Waals surface area contributed by atoms with Crippen molar-refractivity contribution in [2.24, 2.45) is 0 Å². The first-order chi connectivity index (χ1) is 29.5. The van der Waals surface area contributed by atoms with Crippen LogP contribution in [0.15, 0.2) is 173 Å². The quantitative estimate of drug-likeness (QED) is 0.178. The maximum Gasteiger partial charge on any atom is 0.167 e. The van der Waals surface area contributed by atoms with Gasteiger partial charge < -0.3 is 8.83 Å². The highest BCUT2D eigenvalue weighted by Crippen LogP contribution is 2.52. The third kappa shape index (κ3) is 4.71. The van der Waals surface area contributed by atoms with Gasteiger partial charge in [0.05, 0.1) is 5.56 Å². The van der Waals surface area contributed by atoms with Gasteiger partial charge in [0, 0.05) is 58.3 Å².